The molecule has 2 aromatic rings. The largest absolute Gasteiger partial charge is 0.511 e. The summed E-state index contributed by atoms with van der Waals surface area (Å²) in [4.78, 5) is 25.7. The van der Waals surface area contributed by atoms with Crippen LogP contribution in [0, 0.1) is 17.7 Å². The molecule has 2 heterocycles. The SMILES string of the molecule is CC(C)(C)n1cc(OC(=O)O)c(=O)c2cc(F)c(N3CC4C=CCC(N)C4C3)cc21. The van der Waals surface area contributed by atoms with Crippen molar-refractivity contribution in [1.82, 2.24) is 4.57 Å². The molecule has 1 aromatic carbocycles. The lowest BCUT2D eigenvalue weighted by atomic mass is 9.83. The highest BCUT2D eigenvalue weighted by atomic mass is 19.1. The fourth-order valence-electron chi connectivity index (χ4n) is 4.57. The fourth-order valence-corrected chi connectivity index (χ4v) is 4.57. The van der Waals surface area contributed by atoms with E-state index in [4.69, 9.17) is 10.8 Å². The Balaban J connectivity index is 1.86. The molecule has 7 nitrogen and oxygen atoms in total. The van der Waals surface area contributed by atoms with Gasteiger partial charge in [0.05, 0.1) is 22.8 Å². The van der Waals surface area contributed by atoms with Crippen LogP contribution in [0.15, 0.2) is 35.3 Å². The van der Waals surface area contributed by atoms with Crippen LogP contribution in [0.5, 0.6) is 5.75 Å². The summed E-state index contributed by atoms with van der Waals surface area (Å²) in [6, 6.07) is 2.91. The van der Waals surface area contributed by atoms with E-state index in [0.29, 0.717) is 24.3 Å². The minimum Gasteiger partial charge on any atom is -0.449 e. The van der Waals surface area contributed by atoms with Gasteiger partial charge in [0, 0.05) is 30.6 Å². The molecule has 0 bridgehead atoms. The Morgan fingerprint density at radius 2 is 2.03 bits per heavy atom. The van der Waals surface area contributed by atoms with Crippen molar-refractivity contribution in [2.75, 3.05) is 18.0 Å². The van der Waals surface area contributed by atoms with Crippen molar-refractivity contribution in [2.24, 2.45) is 17.6 Å². The molecule has 3 atom stereocenters. The maximum atomic E-state index is 15.2. The van der Waals surface area contributed by atoms with Gasteiger partial charge in [0.25, 0.3) is 0 Å². The zero-order chi connectivity index (χ0) is 21.8. The normalized spacial score (nSPS) is 23.6. The van der Waals surface area contributed by atoms with E-state index in [1.165, 1.54) is 12.3 Å². The molecule has 1 fully saturated rings. The minimum absolute atomic E-state index is 0.0528. The topological polar surface area (TPSA) is 97.8 Å². The summed E-state index contributed by atoms with van der Waals surface area (Å²) in [5.74, 6) is -0.328. The Kier molecular flexibility index (Phi) is 4.85. The zero-order valence-electron chi connectivity index (χ0n) is 17.3. The number of carbonyl (C=O) groups is 1. The summed E-state index contributed by atoms with van der Waals surface area (Å²) in [6.45, 7) is 7.06. The van der Waals surface area contributed by atoms with E-state index in [-0.39, 0.29) is 29.0 Å². The number of carboxylic acid groups (broad SMARTS) is 1. The number of benzene rings is 1. The van der Waals surface area contributed by atoms with Crippen LogP contribution in [-0.2, 0) is 5.54 Å². The smallest absolute Gasteiger partial charge is 0.449 e. The van der Waals surface area contributed by atoms with Gasteiger partial charge in [-0.1, -0.05) is 12.2 Å². The predicted molar refractivity (Wildman–Crippen MR) is 113 cm³/mol. The first-order chi connectivity index (χ1) is 14.1. The summed E-state index contributed by atoms with van der Waals surface area (Å²) in [5.41, 5.74) is 6.06. The van der Waals surface area contributed by atoms with E-state index < -0.39 is 22.9 Å². The molecule has 3 N–H and O–H groups in total. The average molecular weight is 415 g/mol. The number of halogens is 1. The highest BCUT2D eigenvalue weighted by Gasteiger charge is 2.37. The Morgan fingerprint density at radius 1 is 1.30 bits per heavy atom. The molecule has 0 amide bonds. The standard InChI is InChI=1S/C22H26FN3O4/c1-22(2,3)26-11-19(30-21(28)29)20(27)13-7-15(23)18(8-17(13)26)25-9-12-5-4-6-16(24)14(12)10-25/h4-5,7-8,11-12,14,16H,6,9-10,24H2,1-3H3,(H,28,29). The van der Waals surface area contributed by atoms with Crippen LogP contribution in [0.3, 0.4) is 0 Å². The number of rotatable bonds is 2. The van der Waals surface area contributed by atoms with Gasteiger partial charge < -0.3 is 25.0 Å². The number of hydrogen-bond donors (Lipinski definition) is 2. The van der Waals surface area contributed by atoms with E-state index >= 15 is 4.39 Å². The fraction of sp³-hybridized carbons (Fsp3) is 0.455. The van der Waals surface area contributed by atoms with Gasteiger partial charge in [-0.2, -0.15) is 0 Å². The Labute approximate surface area is 173 Å². The predicted octanol–water partition coefficient (Wildman–Crippen LogP) is 3.29. The van der Waals surface area contributed by atoms with E-state index in [0.717, 1.165) is 6.42 Å². The number of aromatic nitrogens is 1. The lowest BCUT2D eigenvalue weighted by molar-refractivity contribution is 0.143. The maximum absolute atomic E-state index is 15.2. The molecule has 160 valence electrons. The molecule has 0 spiro atoms. The average Bonchev–Trinajstić information content (AvgIpc) is 3.08. The van der Waals surface area contributed by atoms with Crippen LogP contribution in [0.1, 0.15) is 27.2 Å². The number of anilines is 1. The highest BCUT2D eigenvalue weighted by Crippen LogP contribution is 2.37. The number of pyridine rings is 1. The van der Waals surface area contributed by atoms with Gasteiger partial charge in [0.1, 0.15) is 5.82 Å². The van der Waals surface area contributed by atoms with Crippen LogP contribution in [0.4, 0.5) is 14.9 Å². The highest BCUT2D eigenvalue weighted by molar-refractivity contribution is 5.85. The molecule has 2 aliphatic rings. The molecule has 30 heavy (non-hydrogen) atoms. The van der Waals surface area contributed by atoms with E-state index in [2.05, 4.69) is 16.9 Å². The molecule has 1 aliphatic carbocycles. The van der Waals surface area contributed by atoms with E-state index in [1.807, 2.05) is 25.7 Å². The summed E-state index contributed by atoms with van der Waals surface area (Å²) in [6.07, 6.45) is 4.86. The van der Waals surface area contributed by atoms with Gasteiger partial charge in [0.15, 0.2) is 5.75 Å². The first-order valence-electron chi connectivity index (χ1n) is 10.0. The molecule has 8 heteroatoms. The first kappa shape index (κ1) is 20.4. The van der Waals surface area contributed by atoms with Crippen molar-refractivity contribution >= 4 is 22.7 Å². The van der Waals surface area contributed by atoms with Gasteiger partial charge in [-0.15, -0.1) is 0 Å². The van der Waals surface area contributed by atoms with E-state index in [1.54, 1.807) is 10.6 Å². The van der Waals surface area contributed by atoms with Crippen LogP contribution >= 0.6 is 0 Å². The molecular weight excluding hydrogens is 389 g/mol. The Morgan fingerprint density at radius 3 is 2.67 bits per heavy atom. The lowest BCUT2D eigenvalue weighted by Crippen LogP contribution is -2.36. The minimum atomic E-state index is -1.59. The molecule has 1 aliphatic heterocycles. The van der Waals surface area contributed by atoms with Gasteiger partial charge in [-0.3, -0.25) is 4.79 Å². The number of nitrogens with two attached hydrogens (primary N) is 1. The second-order valence-corrected chi connectivity index (χ2v) is 9.11. The molecule has 1 saturated heterocycles. The van der Waals surface area contributed by atoms with Gasteiger partial charge >= 0.3 is 6.16 Å². The zero-order valence-corrected chi connectivity index (χ0v) is 17.3. The van der Waals surface area contributed by atoms with Gasteiger partial charge in [-0.05, 0) is 45.2 Å². The third-order valence-corrected chi connectivity index (χ3v) is 6.05. The first-order valence-corrected chi connectivity index (χ1v) is 10.0. The quantitative estimate of drug-likeness (QED) is 0.577. The van der Waals surface area contributed by atoms with Crippen LogP contribution < -0.4 is 20.8 Å². The monoisotopic (exact) mass is 415 g/mol. The molecule has 1 aromatic heterocycles. The van der Waals surface area contributed by atoms with E-state index in [9.17, 15) is 9.59 Å². The lowest BCUT2D eigenvalue weighted by Gasteiger charge is -2.28. The summed E-state index contributed by atoms with van der Waals surface area (Å²) >= 11 is 0. The molecule has 4 rings (SSSR count). The van der Waals surface area contributed by atoms with Crippen LogP contribution in [0.2, 0.25) is 0 Å². The molecule has 0 saturated carbocycles. The number of ether oxygens (including phenoxy) is 1. The van der Waals surface area contributed by atoms with Crippen molar-refractivity contribution < 1.29 is 19.0 Å². The van der Waals surface area contributed by atoms with Crippen molar-refractivity contribution in [3.63, 3.8) is 0 Å². The number of nitrogens with zero attached hydrogens (tertiary/aromatic N) is 2. The van der Waals surface area contributed by atoms with Gasteiger partial charge in [-0.25, -0.2) is 9.18 Å². The van der Waals surface area contributed by atoms with Crippen molar-refractivity contribution in [3.05, 3.63) is 46.5 Å². The van der Waals surface area contributed by atoms with Crippen molar-refractivity contribution in [2.45, 2.75) is 38.8 Å². The molecule has 0 radical (unpaired) electrons. The molecule has 3 unspecified atom stereocenters. The summed E-state index contributed by atoms with van der Waals surface area (Å²) < 4.78 is 21.6. The van der Waals surface area contributed by atoms with Crippen molar-refractivity contribution in [3.8, 4) is 5.75 Å². The van der Waals surface area contributed by atoms with Crippen LogP contribution in [0.25, 0.3) is 10.9 Å². The Hall–Kier alpha value is -2.87. The molecular formula is C22H26FN3O4. The van der Waals surface area contributed by atoms with Crippen LogP contribution in [-0.4, -0.2) is 35.0 Å². The Bertz CT molecular complexity index is 1100. The van der Waals surface area contributed by atoms with Gasteiger partial charge in [0.2, 0.25) is 5.43 Å². The maximum Gasteiger partial charge on any atom is 0.511 e. The van der Waals surface area contributed by atoms with Crippen molar-refractivity contribution in [1.29, 1.82) is 0 Å². The summed E-state index contributed by atoms with van der Waals surface area (Å²) in [5, 5.41) is 9.04. The number of fused-ring (bicyclic) bond motifs is 2. The third kappa shape index (κ3) is 3.45. The second-order valence-electron chi connectivity index (χ2n) is 9.11. The second kappa shape index (κ2) is 7.12. The summed E-state index contributed by atoms with van der Waals surface area (Å²) in [7, 11) is 0. The third-order valence-electron chi connectivity index (χ3n) is 6.05. The number of hydrogen-bond acceptors (Lipinski definition) is 5.